The average molecular weight is 984 g/mol. The zero-order valence-corrected chi connectivity index (χ0v) is 44.3. The van der Waals surface area contributed by atoms with Gasteiger partial charge in [0.15, 0.2) is 0 Å². The van der Waals surface area contributed by atoms with Crippen LogP contribution in [-0.2, 0) is 47.9 Å². The molecule has 3 fully saturated rings. The standard InChI is InChI=1S/C36H54N2O2.C8H10O2.2C8H8O.Co/c1-33(2,3)25-17-23(31(39)27(19-25)35(7,8)9)21-37-29-15-13-14-16-30(29)38-22-24-18-26(34(4,5)6)20-28(32(24)40)36(10,11)12;9-6-8(10)7-4-2-1-3-5-7;2*1-2-4-7(5-3-1)8-6-9-8;/h17-22,29-30,39-40H,13-16H2,1-12H3;1-5,8-10H,6H2;2*1-5,8H,6H2;/t29-,30-;2*8-;;/m001../s1. The van der Waals surface area contributed by atoms with Gasteiger partial charge in [-0.15, -0.1) is 0 Å². The molecule has 69 heavy (non-hydrogen) atoms. The molecule has 8 rings (SSSR count). The van der Waals surface area contributed by atoms with E-state index in [9.17, 15) is 10.2 Å². The van der Waals surface area contributed by atoms with Crippen LogP contribution in [-0.4, -0.2) is 64.8 Å². The summed E-state index contributed by atoms with van der Waals surface area (Å²) in [6, 6.07) is 38.2. The van der Waals surface area contributed by atoms with E-state index >= 15 is 0 Å². The van der Waals surface area contributed by atoms with Crippen molar-refractivity contribution in [1.29, 1.82) is 0 Å². The van der Waals surface area contributed by atoms with Crippen molar-refractivity contribution < 1.29 is 46.7 Å². The molecular formula is C60H80CoN2O6. The van der Waals surface area contributed by atoms with Crippen molar-refractivity contribution in [3.63, 3.8) is 0 Å². The van der Waals surface area contributed by atoms with E-state index in [0.717, 1.165) is 66.7 Å². The third-order valence-corrected chi connectivity index (χ3v) is 12.5. The van der Waals surface area contributed by atoms with E-state index < -0.39 is 6.10 Å². The third kappa shape index (κ3) is 17.6. The van der Waals surface area contributed by atoms with Gasteiger partial charge in [0.1, 0.15) is 29.8 Å². The maximum absolute atomic E-state index is 11.2. The SMILES string of the molecule is CC(C)(C)c1cc(C=N[C@H]2CCCC[C@@H]2N=Cc2cc(C(C)(C)C)cc(C(C)(C)C)c2O)c(O)c(C(C)(C)C)c1.OC[C@H](O)c1ccccc1.[Co].c1ccc(C2CO2)cc1.c1ccc([C@H]2CO2)cc1. The molecular weight excluding hydrogens is 904 g/mol. The zero-order chi connectivity index (χ0) is 49.9. The van der Waals surface area contributed by atoms with Gasteiger partial charge in [0, 0.05) is 51.5 Å². The van der Waals surface area contributed by atoms with Crippen LogP contribution in [0.2, 0.25) is 0 Å². The summed E-state index contributed by atoms with van der Waals surface area (Å²) in [6.07, 6.45) is 7.99. The first-order valence-electron chi connectivity index (χ1n) is 24.5. The Labute approximate surface area is 424 Å². The van der Waals surface area contributed by atoms with Crippen molar-refractivity contribution in [1.82, 2.24) is 0 Å². The number of aliphatic hydroxyl groups excluding tert-OH is 2. The topological polar surface area (TPSA) is 131 Å². The van der Waals surface area contributed by atoms with Crippen molar-refractivity contribution in [2.24, 2.45) is 9.98 Å². The Balaban J connectivity index is 0.000000281. The molecule has 0 amide bonds. The van der Waals surface area contributed by atoms with E-state index in [1.54, 1.807) is 12.1 Å². The van der Waals surface area contributed by atoms with Crippen LogP contribution in [0, 0.1) is 0 Å². The molecule has 2 heterocycles. The first kappa shape index (κ1) is 57.0. The molecule has 3 aliphatic rings. The van der Waals surface area contributed by atoms with E-state index in [2.05, 4.69) is 132 Å². The van der Waals surface area contributed by atoms with Gasteiger partial charge in [-0.05, 0) is 74.5 Å². The molecule has 8 nitrogen and oxygen atoms in total. The number of hydrogen-bond acceptors (Lipinski definition) is 8. The van der Waals surface area contributed by atoms with E-state index in [-0.39, 0.29) is 57.1 Å². The Bertz CT molecular complexity index is 2240. The van der Waals surface area contributed by atoms with Crippen LogP contribution < -0.4 is 0 Å². The molecule has 9 heteroatoms. The van der Waals surface area contributed by atoms with Crippen LogP contribution in [0.4, 0.5) is 0 Å². The van der Waals surface area contributed by atoms with Crippen LogP contribution in [0.3, 0.4) is 0 Å². The Hall–Kier alpha value is -4.61. The van der Waals surface area contributed by atoms with Crippen LogP contribution in [0.1, 0.15) is 177 Å². The maximum Gasteiger partial charge on any atom is 0.128 e. The number of aliphatic hydroxyl groups is 2. The molecule has 0 bridgehead atoms. The largest absolute Gasteiger partial charge is 0.507 e. The fourth-order valence-corrected chi connectivity index (χ4v) is 7.91. The molecule has 2 saturated heterocycles. The van der Waals surface area contributed by atoms with Crippen LogP contribution in [0.15, 0.2) is 125 Å². The number of aliphatic imine (C=N–C) groups is 2. The minimum atomic E-state index is -0.735. The maximum atomic E-state index is 11.2. The molecule has 375 valence electrons. The Morgan fingerprint density at radius 1 is 0.536 bits per heavy atom. The van der Waals surface area contributed by atoms with Gasteiger partial charge in [-0.25, -0.2) is 0 Å². The van der Waals surface area contributed by atoms with Gasteiger partial charge in [-0.2, -0.15) is 0 Å². The summed E-state index contributed by atoms with van der Waals surface area (Å²) in [4.78, 5) is 10.1. The predicted molar refractivity (Wildman–Crippen MR) is 281 cm³/mol. The quantitative estimate of drug-likeness (QED) is 0.0905. The van der Waals surface area contributed by atoms with Gasteiger partial charge in [0.2, 0.25) is 0 Å². The first-order valence-corrected chi connectivity index (χ1v) is 24.5. The van der Waals surface area contributed by atoms with Gasteiger partial charge < -0.3 is 29.9 Å². The second-order valence-corrected chi connectivity index (χ2v) is 22.5. The van der Waals surface area contributed by atoms with Crippen LogP contribution in [0.5, 0.6) is 11.5 Å². The predicted octanol–water partition coefficient (Wildman–Crippen LogP) is 13.4. The summed E-state index contributed by atoms with van der Waals surface area (Å²) < 4.78 is 10.2. The second kappa shape index (κ2) is 25.0. The molecule has 4 N–H and O–H groups in total. The van der Waals surface area contributed by atoms with Gasteiger partial charge in [0.05, 0.1) is 31.9 Å². The summed E-state index contributed by atoms with van der Waals surface area (Å²) in [5.41, 5.74) is 8.76. The van der Waals surface area contributed by atoms with Crippen molar-refractivity contribution in [3.05, 3.63) is 165 Å². The second-order valence-electron chi connectivity index (χ2n) is 22.5. The number of phenolic OH excluding ortho intramolecular Hbond substituents is 2. The Morgan fingerprint density at radius 2 is 0.870 bits per heavy atom. The normalized spacial score (nSPS) is 19.4. The molecule has 1 radical (unpaired) electrons. The molecule has 5 aromatic rings. The average Bonchev–Trinajstić information content (AvgIpc) is 4.24. The molecule has 5 atom stereocenters. The van der Waals surface area contributed by atoms with Gasteiger partial charge >= 0.3 is 0 Å². The van der Waals surface area contributed by atoms with Crippen LogP contribution in [0.25, 0.3) is 0 Å². The number of epoxide rings is 2. The first-order chi connectivity index (χ1) is 32.0. The smallest absolute Gasteiger partial charge is 0.128 e. The van der Waals surface area contributed by atoms with Crippen molar-refractivity contribution in [3.8, 4) is 11.5 Å². The van der Waals surface area contributed by atoms with E-state index in [1.165, 1.54) is 22.3 Å². The minimum Gasteiger partial charge on any atom is -0.507 e. The molecule has 1 unspecified atom stereocenters. The van der Waals surface area contributed by atoms with Gasteiger partial charge in [-0.1, -0.05) is 199 Å². The zero-order valence-electron chi connectivity index (χ0n) is 43.3. The molecule has 1 saturated carbocycles. The third-order valence-electron chi connectivity index (χ3n) is 12.5. The number of benzene rings is 5. The fraction of sp³-hybridized carbons (Fsp3) is 0.467. The summed E-state index contributed by atoms with van der Waals surface area (Å²) in [5.74, 6) is 0.637. The monoisotopic (exact) mass is 984 g/mol. The molecule has 2 aliphatic heterocycles. The summed E-state index contributed by atoms with van der Waals surface area (Å²) in [7, 11) is 0. The van der Waals surface area contributed by atoms with Gasteiger partial charge in [-0.3, -0.25) is 9.98 Å². The van der Waals surface area contributed by atoms with E-state index in [0.29, 0.717) is 23.7 Å². The minimum absolute atomic E-state index is 0. The number of phenols is 2. The molecule has 0 spiro atoms. The summed E-state index contributed by atoms with van der Waals surface area (Å²) in [5, 5.41) is 40.1. The summed E-state index contributed by atoms with van der Waals surface area (Å²) in [6.45, 7) is 27.6. The number of aromatic hydroxyl groups is 2. The van der Waals surface area contributed by atoms with E-state index in [1.807, 2.05) is 67.0 Å². The molecule has 5 aromatic carbocycles. The summed E-state index contributed by atoms with van der Waals surface area (Å²) >= 11 is 0. The van der Waals surface area contributed by atoms with Gasteiger partial charge in [0.25, 0.3) is 0 Å². The molecule has 0 aromatic heterocycles. The number of nitrogens with zero attached hydrogens (tertiary/aromatic N) is 2. The fourth-order valence-electron chi connectivity index (χ4n) is 7.91. The Kier molecular flexibility index (Phi) is 20.6. The Morgan fingerprint density at radius 3 is 1.16 bits per heavy atom. The number of hydrogen-bond donors (Lipinski definition) is 4. The van der Waals surface area contributed by atoms with Crippen molar-refractivity contribution in [2.45, 2.75) is 161 Å². The number of ether oxygens (including phenoxy) is 2. The van der Waals surface area contributed by atoms with Crippen molar-refractivity contribution >= 4 is 12.4 Å². The van der Waals surface area contributed by atoms with Crippen molar-refractivity contribution in [2.75, 3.05) is 19.8 Å². The molecule has 1 aliphatic carbocycles. The van der Waals surface area contributed by atoms with E-state index in [4.69, 9.17) is 29.7 Å². The van der Waals surface area contributed by atoms with Crippen LogP contribution >= 0.6 is 0 Å². The number of rotatable bonds is 8.